The van der Waals surface area contributed by atoms with Crippen LogP contribution in [0.4, 0.5) is 15.0 Å². The molecule has 0 unspecified atom stereocenters. The van der Waals surface area contributed by atoms with Gasteiger partial charge in [0.25, 0.3) is 0 Å². The Hall–Kier alpha value is -2.41. The second-order valence-electron chi connectivity index (χ2n) is 7.40. The van der Waals surface area contributed by atoms with Gasteiger partial charge in [0, 0.05) is 68.5 Å². The fourth-order valence-electron chi connectivity index (χ4n) is 3.64. The average Bonchev–Trinajstić information content (AvgIpc) is 2.70. The van der Waals surface area contributed by atoms with Gasteiger partial charge in [-0.15, -0.1) is 0 Å². The third-order valence-corrected chi connectivity index (χ3v) is 5.52. The van der Waals surface area contributed by atoms with Crippen LogP contribution >= 0.6 is 11.6 Å². The Labute approximate surface area is 176 Å². The quantitative estimate of drug-likeness (QED) is 0.760. The Balaban J connectivity index is 1.93. The van der Waals surface area contributed by atoms with E-state index in [-0.39, 0.29) is 11.8 Å². The maximum Gasteiger partial charge on any atom is 0.319 e. The zero-order chi connectivity index (χ0) is 21.1. The highest BCUT2D eigenvalue weighted by Gasteiger charge is 2.26. The number of aryl methyl sites for hydroxylation is 2. The fraction of sp³-hybridized carbons (Fsp3) is 0.476. The molecule has 1 saturated heterocycles. The van der Waals surface area contributed by atoms with Crippen molar-refractivity contribution in [2.45, 2.75) is 26.7 Å². The molecule has 1 aromatic carbocycles. The molecule has 1 aromatic heterocycles. The van der Waals surface area contributed by atoms with E-state index in [1.54, 1.807) is 31.1 Å². The number of carbonyl (C=O) groups excluding carboxylic acids is 1. The SMILES string of the molecule is CCc1nc(C)nc(N2CCN(C(=O)N(C)C)CC2)c1Cc1c(F)cccc1Cl. The first-order valence-electron chi connectivity index (χ1n) is 9.82. The summed E-state index contributed by atoms with van der Waals surface area (Å²) >= 11 is 6.28. The van der Waals surface area contributed by atoms with Crippen LogP contribution in [0.15, 0.2) is 18.2 Å². The van der Waals surface area contributed by atoms with E-state index in [1.165, 1.54) is 6.07 Å². The summed E-state index contributed by atoms with van der Waals surface area (Å²) in [5.74, 6) is 1.17. The highest BCUT2D eigenvalue weighted by Crippen LogP contribution is 2.29. The van der Waals surface area contributed by atoms with Crippen molar-refractivity contribution in [3.63, 3.8) is 0 Å². The zero-order valence-electron chi connectivity index (χ0n) is 17.4. The van der Waals surface area contributed by atoms with Gasteiger partial charge < -0.3 is 14.7 Å². The first kappa shape index (κ1) is 21.3. The highest BCUT2D eigenvalue weighted by atomic mass is 35.5. The summed E-state index contributed by atoms with van der Waals surface area (Å²) in [6, 6.07) is 4.74. The summed E-state index contributed by atoms with van der Waals surface area (Å²) in [4.78, 5) is 27.1. The number of anilines is 1. The van der Waals surface area contributed by atoms with Crippen molar-refractivity contribution >= 4 is 23.4 Å². The van der Waals surface area contributed by atoms with E-state index in [0.29, 0.717) is 49.0 Å². The lowest BCUT2D eigenvalue weighted by Gasteiger charge is -2.37. The predicted octanol–water partition coefficient (Wildman–Crippen LogP) is 3.53. The van der Waals surface area contributed by atoms with Gasteiger partial charge in [-0.3, -0.25) is 0 Å². The van der Waals surface area contributed by atoms with Crippen LogP contribution in [0.25, 0.3) is 0 Å². The number of aromatic nitrogens is 2. The van der Waals surface area contributed by atoms with Crippen molar-refractivity contribution in [2.75, 3.05) is 45.2 Å². The smallest absolute Gasteiger partial charge is 0.319 e. The van der Waals surface area contributed by atoms with Gasteiger partial charge in [-0.25, -0.2) is 19.2 Å². The molecule has 156 valence electrons. The number of urea groups is 1. The molecule has 2 aromatic rings. The number of amides is 2. The number of carbonyl (C=O) groups is 1. The zero-order valence-corrected chi connectivity index (χ0v) is 18.1. The lowest BCUT2D eigenvalue weighted by atomic mass is 10.0. The summed E-state index contributed by atoms with van der Waals surface area (Å²) in [5.41, 5.74) is 2.26. The number of hydrogen-bond acceptors (Lipinski definition) is 4. The molecule has 0 bridgehead atoms. The number of piperazine rings is 1. The molecule has 0 radical (unpaired) electrons. The van der Waals surface area contributed by atoms with Crippen LogP contribution in [0.1, 0.15) is 29.6 Å². The van der Waals surface area contributed by atoms with Gasteiger partial charge in [0.1, 0.15) is 17.5 Å². The highest BCUT2D eigenvalue weighted by molar-refractivity contribution is 6.31. The second kappa shape index (κ2) is 8.95. The van der Waals surface area contributed by atoms with Crippen LogP contribution in [0.5, 0.6) is 0 Å². The Morgan fingerprint density at radius 2 is 1.86 bits per heavy atom. The molecule has 0 atom stereocenters. The van der Waals surface area contributed by atoms with Crippen LogP contribution in [-0.2, 0) is 12.8 Å². The van der Waals surface area contributed by atoms with Gasteiger partial charge in [0.2, 0.25) is 0 Å². The molecule has 0 aliphatic carbocycles. The summed E-state index contributed by atoms with van der Waals surface area (Å²) < 4.78 is 14.5. The first-order chi connectivity index (χ1) is 13.8. The molecule has 3 rings (SSSR count). The Morgan fingerprint density at radius 3 is 2.45 bits per heavy atom. The summed E-state index contributed by atoms with van der Waals surface area (Å²) in [7, 11) is 3.51. The maximum atomic E-state index is 14.5. The maximum absolute atomic E-state index is 14.5. The van der Waals surface area contributed by atoms with Gasteiger partial charge in [0.05, 0.1) is 0 Å². The molecule has 6 nitrogen and oxygen atoms in total. The number of benzene rings is 1. The third-order valence-electron chi connectivity index (χ3n) is 5.17. The minimum atomic E-state index is -0.326. The predicted molar refractivity (Wildman–Crippen MR) is 113 cm³/mol. The molecule has 2 heterocycles. The molecule has 8 heteroatoms. The topological polar surface area (TPSA) is 52.6 Å². The van der Waals surface area contributed by atoms with E-state index >= 15 is 0 Å². The van der Waals surface area contributed by atoms with Crippen molar-refractivity contribution in [1.29, 1.82) is 0 Å². The molecule has 0 spiro atoms. The van der Waals surface area contributed by atoms with Crippen LogP contribution in [-0.4, -0.2) is 66.1 Å². The van der Waals surface area contributed by atoms with E-state index in [0.717, 1.165) is 23.5 Å². The molecule has 1 fully saturated rings. The Bertz CT molecular complexity index is 877. The molecule has 0 N–H and O–H groups in total. The minimum absolute atomic E-state index is 0.0103. The van der Waals surface area contributed by atoms with Crippen molar-refractivity contribution in [2.24, 2.45) is 0 Å². The van der Waals surface area contributed by atoms with Gasteiger partial charge in [-0.1, -0.05) is 24.6 Å². The number of rotatable bonds is 4. The average molecular weight is 420 g/mol. The van der Waals surface area contributed by atoms with Crippen LogP contribution in [0.3, 0.4) is 0 Å². The van der Waals surface area contributed by atoms with Crippen molar-refractivity contribution in [1.82, 2.24) is 19.8 Å². The minimum Gasteiger partial charge on any atom is -0.353 e. The second-order valence-corrected chi connectivity index (χ2v) is 7.81. The molecule has 1 aliphatic rings. The molecule has 29 heavy (non-hydrogen) atoms. The monoisotopic (exact) mass is 419 g/mol. The van der Waals surface area contributed by atoms with E-state index < -0.39 is 0 Å². The lowest BCUT2D eigenvalue weighted by Crippen LogP contribution is -2.52. The molecular formula is C21H27ClFN5O. The van der Waals surface area contributed by atoms with Crippen LogP contribution < -0.4 is 4.90 Å². The molecule has 2 amide bonds. The lowest BCUT2D eigenvalue weighted by molar-refractivity contribution is 0.168. The normalized spacial score (nSPS) is 14.3. The number of nitrogens with zero attached hydrogens (tertiary/aromatic N) is 5. The summed E-state index contributed by atoms with van der Waals surface area (Å²) in [5, 5.41) is 0.403. The van der Waals surface area contributed by atoms with Crippen molar-refractivity contribution in [3.8, 4) is 0 Å². The van der Waals surface area contributed by atoms with Crippen LogP contribution in [0.2, 0.25) is 5.02 Å². The molecular weight excluding hydrogens is 393 g/mol. The van der Waals surface area contributed by atoms with Crippen LogP contribution in [0, 0.1) is 12.7 Å². The molecule has 1 aliphatic heterocycles. The van der Waals surface area contributed by atoms with Gasteiger partial charge >= 0.3 is 6.03 Å². The fourth-order valence-corrected chi connectivity index (χ4v) is 3.87. The van der Waals surface area contributed by atoms with Gasteiger partial charge in [0.15, 0.2) is 0 Å². The van der Waals surface area contributed by atoms with Gasteiger partial charge in [-0.2, -0.15) is 0 Å². The molecule has 0 saturated carbocycles. The summed E-state index contributed by atoms with van der Waals surface area (Å²) in [6.45, 7) is 6.46. The van der Waals surface area contributed by atoms with E-state index in [1.807, 2.05) is 18.7 Å². The Morgan fingerprint density at radius 1 is 1.17 bits per heavy atom. The van der Waals surface area contributed by atoms with Crippen molar-refractivity contribution in [3.05, 3.63) is 51.7 Å². The third kappa shape index (κ3) is 4.61. The van der Waals surface area contributed by atoms with E-state index in [4.69, 9.17) is 16.6 Å². The summed E-state index contributed by atoms with van der Waals surface area (Å²) in [6.07, 6.45) is 1.05. The number of halogens is 2. The van der Waals surface area contributed by atoms with Gasteiger partial charge in [-0.05, 0) is 25.5 Å². The first-order valence-corrected chi connectivity index (χ1v) is 10.2. The van der Waals surface area contributed by atoms with E-state index in [9.17, 15) is 9.18 Å². The Kier molecular flexibility index (Phi) is 6.57. The van der Waals surface area contributed by atoms with Crippen molar-refractivity contribution < 1.29 is 9.18 Å². The standard InChI is InChI=1S/C21H27ClFN5O/c1-5-19-16(13-15-17(22)7-6-8-18(15)23)20(25-14(2)24-19)27-9-11-28(12-10-27)21(29)26(3)4/h6-8H,5,9-13H2,1-4H3. The number of hydrogen-bond donors (Lipinski definition) is 0. The largest absolute Gasteiger partial charge is 0.353 e. The van der Waals surface area contributed by atoms with E-state index in [2.05, 4.69) is 9.88 Å².